The summed E-state index contributed by atoms with van der Waals surface area (Å²) in [5.41, 5.74) is 1.74. The summed E-state index contributed by atoms with van der Waals surface area (Å²) in [7, 11) is 1.61. The van der Waals surface area contributed by atoms with Gasteiger partial charge < -0.3 is 14.8 Å². The van der Waals surface area contributed by atoms with Gasteiger partial charge in [-0.25, -0.2) is 0 Å². The van der Waals surface area contributed by atoms with Crippen molar-refractivity contribution in [3.63, 3.8) is 0 Å². The molecule has 0 saturated carbocycles. The Hall–Kier alpha value is -2.46. The number of unbranched alkanes of at least 4 members (excludes halogenated alkanes) is 1. The number of methoxy groups -OCH3 is 1. The highest BCUT2D eigenvalue weighted by Crippen LogP contribution is 2.28. The molecular weight excluding hydrogens is 350 g/mol. The molecule has 0 bridgehead atoms. The van der Waals surface area contributed by atoms with Gasteiger partial charge in [-0.2, -0.15) is 0 Å². The van der Waals surface area contributed by atoms with Crippen molar-refractivity contribution in [2.24, 2.45) is 0 Å². The van der Waals surface area contributed by atoms with Gasteiger partial charge in [-0.3, -0.25) is 4.79 Å². The predicted molar refractivity (Wildman–Crippen MR) is 106 cm³/mol. The Kier molecular flexibility index (Phi) is 8.03. The lowest BCUT2D eigenvalue weighted by molar-refractivity contribution is -0.116. The van der Waals surface area contributed by atoms with Crippen LogP contribution in [0.1, 0.15) is 30.9 Å². The minimum atomic E-state index is -0.188. The standard InChI is InChI=1S/C21H24ClNO3/c1-3-4-13-26-19-11-9-16(14-20(19)25-2)15-23-21(24)12-10-17-7-5-6-8-18(17)22/h5-12,14H,3-4,13,15H2,1-2H3,(H,23,24)/b12-10+. The van der Waals surface area contributed by atoms with Gasteiger partial charge >= 0.3 is 0 Å². The molecule has 0 unspecified atom stereocenters. The van der Waals surface area contributed by atoms with E-state index in [1.165, 1.54) is 6.08 Å². The number of ether oxygens (including phenoxy) is 2. The average molecular weight is 374 g/mol. The van der Waals surface area contributed by atoms with Gasteiger partial charge in [-0.1, -0.05) is 49.2 Å². The summed E-state index contributed by atoms with van der Waals surface area (Å²) in [6.07, 6.45) is 5.25. The number of rotatable bonds is 9. The molecule has 5 heteroatoms. The molecule has 0 radical (unpaired) electrons. The quantitative estimate of drug-likeness (QED) is 0.504. The molecule has 2 rings (SSSR count). The lowest BCUT2D eigenvalue weighted by Crippen LogP contribution is -2.20. The maximum Gasteiger partial charge on any atom is 0.244 e. The van der Waals surface area contributed by atoms with E-state index in [4.69, 9.17) is 21.1 Å². The third-order valence-corrected chi connectivity index (χ3v) is 4.11. The lowest BCUT2D eigenvalue weighted by Gasteiger charge is -2.12. The lowest BCUT2D eigenvalue weighted by atomic mass is 10.2. The van der Waals surface area contributed by atoms with Crippen LogP contribution < -0.4 is 14.8 Å². The van der Waals surface area contributed by atoms with Crippen molar-refractivity contribution in [1.29, 1.82) is 0 Å². The van der Waals surface area contributed by atoms with Gasteiger partial charge in [0.05, 0.1) is 13.7 Å². The molecule has 0 saturated heterocycles. The molecule has 1 amide bonds. The SMILES string of the molecule is CCCCOc1ccc(CNC(=O)/C=C/c2ccccc2Cl)cc1OC. The normalized spacial score (nSPS) is 10.7. The van der Waals surface area contributed by atoms with E-state index in [1.54, 1.807) is 19.3 Å². The van der Waals surface area contributed by atoms with E-state index < -0.39 is 0 Å². The molecule has 0 aliphatic rings. The van der Waals surface area contributed by atoms with E-state index in [0.717, 1.165) is 29.7 Å². The van der Waals surface area contributed by atoms with Crippen LogP contribution in [0, 0.1) is 0 Å². The van der Waals surface area contributed by atoms with E-state index in [-0.39, 0.29) is 5.91 Å². The fourth-order valence-electron chi connectivity index (χ4n) is 2.29. The van der Waals surface area contributed by atoms with Crippen LogP contribution in [-0.4, -0.2) is 19.6 Å². The monoisotopic (exact) mass is 373 g/mol. The number of halogens is 1. The predicted octanol–water partition coefficient (Wildman–Crippen LogP) is 4.86. The van der Waals surface area contributed by atoms with Crippen LogP contribution in [0.5, 0.6) is 11.5 Å². The Balaban J connectivity index is 1.92. The minimum absolute atomic E-state index is 0.188. The minimum Gasteiger partial charge on any atom is -0.493 e. The van der Waals surface area contributed by atoms with E-state index in [9.17, 15) is 4.79 Å². The molecule has 138 valence electrons. The molecule has 0 aromatic heterocycles. The maximum atomic E-state index is 12.0. The molecule has 0 atom stereocenters. The molecule has 0 aliphatic carbocycles. The van der Waals surface area contributed by atoms with E-state index in [1.807, 2.05) is 36.4 Å². The van der Waals surface area contributed by atoms with Crippen LogP contribution >= 0.6 is 11.6 Å². The molecule has 0 spiro atoms. The number of hydrogen-bond acceptors (Lipinski definition) is 3. The summed E-state index contributed by atoms with van der Waals surface area (Å²) in [6, 6.07) is 13.0. The molecule has 0 aliphatic heterocycles. The summed E-state index contributed by atoms with van der Waals surface area (Å²) < 4.78 is 11.1. The molecule has 4 nitrogen and oxygen atoms in total. The van der Waals surface area contributed by atoms with Gasteiger partial charge in [0.15, 0.2) is 11.5 Å². The number of carbonyl (C=O) groups excluding carboxylic acids is 1. The van der Waals surface area contributed by atoms with Gasteiger partial charge in [-0.15, -0.1) is 0 Å². The van der Waals surface area contributed by atoms with E-state index in [0.29, 0.717) is 23.9 Å². The summed E-state index contributed by atoms with van der Waals surface area (Å²) >= 11 is 6.07. The Morgan fingerprint density at radius 3 is 2.73 bits per heavy atom. The molecule has 2 aromatic carbocycles. The van der Waals surface area contributed by atoms with Crippen molar-refractivity contribution in [1.82, 2.24) is 5.32 Å². The van der Waals surface area contributed by atoms with Crippen molar-refractivity contribution in [2.45, 2.75) is 26.3 Å². The second-order valence-electron chi connectivity index (χ2n) is 5.76. The largest absolute Gasteiger partial charge is 0.493 e. The van der Waals surface area contributed by atoms with Crippen LogP contribution in [0.4, 0.5) is 0 Å². The summed E-state index contributed by atoms with van der Waals surface area (Å²) in [6.45, 7) is 3.18. The molecule has 2 aromatic rings. The van der Waals surface area contributed by atoms with E-state index in [2.05, 4.69) is 12.2 Å². The van der Waals surface area contributed by atoms with Gasteiger partial charge in [0, 0.05) is 17.6 Å². The number of nitrogens with one attached hydrogen (secondary N) is 1. The van der Waals surface area contributed by atoms with Crippen LogP contribution in [-0.2, 0) is 11.3 Å². The second kappa shape index (κ2) is 10.5. The molecule has 0 fully saturated rings. The average Bonchev–Trinajstić information content (AvgIpc) is 2.66. The third-order valence-electron chi connectivity index (χ3n) is 3.77. The first-order valence-corrected chi connectivity index (χ1v) is 9.02. The topological polar surface area (TPSA) is 47.6 Å². The Labute approximate surface area is 159 Å². The van der Waals surface area contributed by atoms with Crippen molar-refractivity contribution in [3.8, 4) is 11.5 Å². The second-order valence-corrected chi connectivity index (χ2v) is 6.17. The summed E-state index contributed by atoms with van der Waals surface area (Å²) in [5, 5.41) is 3.46. The van der Waals surface area contributed by atoms with Gasteiger partial charge in [0.2, 0.25) is 5.91 Å². The summed E-state index contributed by atoms with van der Waals surface area (Å²) in [4.78, 5) is 12.0. The first-order valence-electron chi connectivity index (χ1n) is 8.64. The zero-order valence-corrected chi connectivity index (χ0v) is 15.9. The molecular formula is C21H24ClNO3. The Morgan fingerprint density at radius 2 is 2.00 bits per heavy atom. The Morgan fingerprint density at radius 1 is 1.19 bits per heavy atom. The number of benzene rings is 2. The van der Waals surface area contributed by atoms with Crippen LogP contribution in [0.3, 0.4) is 0 Å². The van der Waals surface area contributed by atoms with Gasteiger partial charge in [-0.05, 0) is 41.8 Å². The van der Waals surface area contributed by atoms with Crippen LogP contribution in [0.15, 0.2) is 48.5 Å². The fourth-order valence-corrected chi connectivity index (χ4v) is 2.49. The van der Waals surface area contributed by atoms with Gasteiger partial charge in [0.25, 0.3) is 0 Å². The smallest absolute Gasteiger partial charge is 0.244 e. The van der Waals surface area contributed by atoms with Crippen molar-refractivity contribution >= 4 is 23.6 Å². The molecule has 26 heavy (non-hydrogen) atoms. The van der Waals surface area contributed by atoms with Crippen LogP contribution in [0.25, 0.3) is 6.08 Å². The first-order chi connectivity index (χ1) is 12.6. The Bertz CT molecular complexity index is 759. The summed E-state index contributed by atoms with van der Waals surface area (Å²) in [5.74, 6) is 1.20. The highest BCUT2D eigenvalue weighted by Gasteiger charge is 2.06. The first kappa shape index (κ1) is 19.9. The number of amides is 1. The van der Waals surface area contributed by atoms with E-state index >= 15 is 0 Å². The highest BCUT2D eigenvalue weighted by molar-refractivity contribution is 6.32. The fraction of sp³-hybridized carbons (Fsp3) is 0.286. The number of hydrogen-bond donors (Lipinski definition) is 1. The number of carbonyl (C=O) groups is 1. The third kappa shape index (κ3) is 6.12. The zero-order valence-electron chi connectivity index (χ0n) is 15.1. The van der Waals surface area contributed by atoms with Crippen molar-refractivity contribution in [3.05, 3.63) is 64.7 Å². The van der Waals surface area contributed by atoms with Gasteiger partial charge in [0.1, 0.15) is 0 Å². The molecule has 0 heterocycles. The maximum absolute atomic E-state index is 12.0. The molecule has 1 N–H and O–H groups in total. The highest BCUT2D eigenvalue weighted by atomic mass is 35.5. The van der Waals surface area contributed by atoms with Crippen molar-refractivity contribution < 1.29 is 14.3 Å². The van der Waals surface area contributed by atoms with Crippen LogP contribution in [0.2, 0.25) is 5.02 Å². The zero-order chi connectivity index (χ0) is 18.8. The van der Waals surface area contributed by atoms with Crippen molar-refractivity contribution in [2.75, 3.05) is 13.7 Å².